The molecule has 0 N–H and O–H groups in total. The van der Waals surface area contributed by atoms with Crippen molar-refractivity contribution in [2.24, 2.45) is 0 Å². The molecular weight excluding hydrogens is 406 g/mol. The Morgan fingerprint density at radius 3 is 1.50 bits per heavy atom. The monoisotopic (exact) mass is 426 g/mol. The van der Waals surface area contributed by atoms with Crippen LogP contribution in [-0.4, -0.2) is 21.4 Å². The van der Waals surface area contributed by atoms with Gasteiger partial charge in [-0.3, -0.25) is 0 Å². The fourth-order valence-corrected chi connectivity index (χ4v) is 2.15. The topological polar surface area (TPSA) is 18.5 Å². The van der Waals surface area contributed by atoms with E-state index in [9.17, 15) is 0 Å². The van der Waals surface area contributed by atoms with Crippen LogP contribution in [0.15, 0.2) is 0 Å². The van der Waals surface area contributed by atoms with Crippen molar-refractivity contribution in [3.8, 4) is 0 Å². The van der Waals surface area contributed by atoms with Crippen LogP contribution in [0, 0.1) is 0 Å². The van der Waals surface area contributed by atoms with E-state index in [0.717, 1.165) is 38.9 Å². The van der Waals surface area contributed by atoms with Crippen LogP contribution in [-0.2, 0) is 9.47 Å². The smallest absolute Gasteiger partial charge is 0.108 e. The van der Waals surface area contributed by atoms with Crippen molar-refractivity contribution in [2.75, 3.05) is 13.2 Å². The molecule has 0 aromatic heterocycles. The predicted octanol–water partition coefficient (Wildman–Crippen LogP) is 4.14. The second kappa shape index (κ2) is 10.9. The molecule has 86 valence electrons. The van der Waals surface area contributed by atoms with Crippen molar-refractivity contribution in [3.63, 3.8) is 0 Å². The molecule has 2 unspecified atom stereocenters. The van der Waals surface area contributed by atoms with Gasteiger partial charge in [0.2, 0.25) is 0 Å². The molecule has 0 spiro atoms. The van der Waals surface area contributed by atoms with Gasteiger partial charge in [0.15, 0.2) is 0 Å². The summed E-state index contributed by atoms with van der Waals surface area (Å²) < 4.78 is 11.8. The predicted molar refractivity (Wildman–Crippen MR) is 77.3 cm³/mol. The van der Waals surface area contributed by atoms with Gasteiger partial charge in [-0.2, -0.15) is 0 Å². The van der Waals surface area contributed by atoms with Crippen LogP contribution in [0.5, 0.6) is 0 Å². The fraction of sp³-hybridized carbons (Fsp3) is 1.00. The minimum absolute atomic E-state index is 0.343. The fourth-order valence-electron chi connectivity index (χ4n) is 0.920. The maximum atomic E-state index is 5.57. The summed E-state index contributed by atoms with van der Waals surface area (Å²) >= 11 is 4.71. The molecule has 0 saturated heterocycles. The Morgan fingerprint density at radius 1 is 0.857 bits per heavy atom. The van der Waals surface area contributed by atoms with Crippen molar-refractivity contribution in [1.82, 2.24) is 0 Å². The van der Waals surface area contributed by atoms with E-state index in [-0.39, 0.29) is 0 Å². The van der Waals surface area contributed by atoms with Crippen LogP contribution in [0.3, 0.4) is 0 Å². The Hall–Kier alpha value is 1.38. The Balaban J connectivity index is 3.31. The summed E-state index contributed by atoms with van der Waals surface area (Å²) in [4.78, 5) is 0. The lowest BCUT2D eigenvalue weighted by Gasteiger charge is -2.14. The molecule has 0 aliphatic heterocycles. The van der Waals surface area contributed by atoms with E-state index in [0.29, 0.717) is 8.22 Å². The summed E-state index contributed by atoms with van der Waals surface area (Å²) in [6, 6.07) is 0. The summed E-state index contributed by atoms with van der Waals surface area (Å²) in [7, 11) is 0. The molecule has 0 radical (unpaired) electrons. The Kier molecular flexibility index (Phi) is 12.0. The number of alkyl halides is 2. The van der Waals surface area contributed by atoms with Gasteiger partial charge in [0.05, 0.1) is 0 Å². The van der Waals surface area contributed by atoms with Crippen LogP contribution >= 0.6 is 45.2 Å². The highest BCUT2D eigenvalue weighted by Crippen LogP contribution is 2.17. The lowest BCUT2D eigenvalue weighted by atomic mass is 10.3. The van der Waals surface area contributed by atoms with E-state index >= 15 is 0 Å². The van der Waals surface area contributed by atoms with E-state index in [4.69, 9.17) is 9.47 Å². The van der Waals surface area contributed by atoms with Gasteiger partial charge < -0.3 is 9.47 Å². The molecule has 0 aromatic rings. The molecule has 2 atom stereocenters. The molecule has 0 fully saturated rings. The minimum atomic E-state index is 0.343. The molecule has 0 bridgehead atoms. The molecule has 0 aromatic carbocycles. The third kappa shape index (κ3) is 9.92. The van der Waals surface area contributed by atoms with Crippen molar-refractivity contribution in [3.05, 3.63) is 0 Å². The normalized spacial score (nSPS) is 15.4. The number of hydrogen-bond acceptors (Lipinski definition) is 2. The summed E-state index contributed by atoms with van der Waals surface area (Å²) in [5.74, 6) is 0. The van der Waals surface area contributed by atoms with Gasteiger partial charge in [0.25, 0.3) is 0 Å². The molecule has 0 rings (SSSR count). The Bertz CT molecular complexity index is 109. The molecule has 0 heterocycles. The van der Waals surface area contributed by atoms with E-state index < -0.39 is 0 Å². The lowest BCUT2D eigenvalue weighted by Crippen LogP contribution is -2.11. The standard InChI is InChI=1S/C10H20I2O2/c1-3-7-13-9(11)5-6-10(12)14-8-4-2/h9-10H,3-8H2,1-2H3. The van der Waals surface area contributed by atoms with Gasteiger partial charge in [-0.05, 0) is 25.7 Å². The van der Waals surface area contributed by atoms with Gasteiger partial charge in [-0.25, -0.2) is 0 Å². The zero-order valence-corrected chi connectivity index (χ0v) is 13.3. The molecular formula is C10H20I2O2. The van der Waals surface area contributed by atoms with Crippen molar-refractivity contribution in [1.29, 1.82) is 0 Å². The number of hydrogen-bond donors (Lipinski definition) is 0. The first-order valence-corrected chi connectivity index (χ1v) is 7.71. The molecule has 14 heavy (non-hydrogen) atoms. The van der Waals surface area contributed by atoms with Gasteiger partial charge in [-0.1, -0.05) is 59.0 Å². The van der Waals surface area contributed by atoms with Crippen LogP contribution in [0.2, 0.25) is 0 Å². The highest BCUT2D eigenvalue weighted by molar-refractivity contribution is 14.1. The van der Waals surface area contributed by atoms with Crippen molar-refractivity contribution in [2.45, 2.75) is 47.8 Å². The summed E-state index contributed by atoms with van der Waals surface area (Å²) in [6.07, 6.45) is 4.36. The summed E-state index contributed by atoms with van der Waals surface area (Å²) in [5, 5.41) is 0. The molecule has 2 nitrogen and oxygen atoms in total. The van der Waals surface area contributed by atoms with E-state index in [2.05, 4.69) is 59.0 Å². The first kappa shape index (κ1) is 15.4. The van der Waals surface area contributed by atoms with E-state index in [1.807, 2.05) is 0 Å². The number of rotatable bonds is 9. The maximum absolute atomic E-state index is 5.57. The molecule has 0 amide bonds. The van der Waals surface area contributed by atoms with Gasteiger partial charge in [0, 0.05) is 13.2 Å². The quantitative estimate of drug-likeness (QED) is 0.408. The van der Waals surface area contributed by atoms with Crippen LogP contribution in [0.4, 0.5) is 0 Å². The highest BCUT2D eigenvalue weighted by atomic mass is 127. The van der Waals surface area contributed by atoms with Crippen molar-refractivity contribution >= 4 is 45.2 Å². The first-order chi connectivity index (χ1) is 6.70. The van der Waals surface area contributed by atoms with E-state index in [1.54, 1.807) is 0 Å². The zero-order valence-electron chi connectivity index (χ0n) is 8.97. The van der Waals surface area contributed by atoms with Gasteiger partial charge in [0.1, 0.15) is 8.22 Å². The van der Waals surface area contributed by atoms with Crippen LogP contribution in [0.1, 0.15) is 39.5 Å². The van der Waals surface area contributed by atoms with Crippen LogP contribution < -0.4 is 0 Å². The second-order valence-electron chi connectivity index (χ2n) is 3.14. The Labute approximate surface area is 115 Å². The third-order valence-corrected chi connectivity index (χ3v) is 3.59. The lowest BCUT2D eigenvalue weighted by molar-refractivity contribution is 0.0880. The molecule has 0 aliphatic rings. The van der Waals surface area contributed by atoms with Gasteiger partial charge >= 0.3 is 0 Å². The third-order valence-electron chi connectivity index (χ3n) is 1.63. The van der Waals surface area contributed by atoms with Crippen molar-refractivity contribution < 1.29 is 9.47 Å². The largest absolute Gasteiger partial charge is 0.368 e. The summed E-state index contributed by atoms with van der Waals surface area (Å²) in [6.45, 7) is 6.01. The maximum Gasteiger partial charge on any atom is 0.108 e. The van der Waals surface area contributed by atoms with E-state index in [1.165, 1.54) is 0 Å². The molecule has 0 saturated carbocycles. The first-order valence-electron chi connectivity index (χ1n) is 5.22. The number of ether oxygens (including phenoxy) is 2. The minimum Gasteiger partial charge on any atom is -0.368 e. The molecule has 4 heteroatoms. The molecule has 0 aliphatic carbocycles. The van der Waals surface area contributed by atoms with Crippen LogP contribution in [0.25, 0.3) is 0 Å². The number of halogens is 2. The average molecular weight is 426 g/mol. The SMILES string of the molecule is CCCOC(I)CCC(I)OCCC. The zero-order chi connectivity index (χ0) is 10.8. The highest BCUT2D eigenvalue weighted by Gasteiger charge is 2.08. The second-order valence-corrected chi connectivity index (χ2v) is 5.92. The van der Waals surface area contributed by atoms with Gasteiger partial charge in [-0.15, -0.1) is 0 Å². The summed E-state index contributed by atoms with van der Waals surface area (Å²) in [5.41, 5.74) is 0. The Morgan fingerprint density at radius 2 is 1.21 bits per heavy atom. The average Bonchev–Trinajstić information content (AvgIpc) is 2.20.